The lowest BCUT2D eigenvalue weighted by atomic mass is 10.0. The van der Waals surface area contributed by atoms with Crippen molar-refractivity contribution in [2.75, 3.05) is 0 Å². The molecular formula is C18H26F2N2O2. The number of carbonyl (C=O) groups is 2. The van der Waals surface area contributed by atoms with E-state index in [1.54, 1.807) is 0 Å². The third-order valence-electron chi connectivity index (χ3n) is 3.89. The van der Waals surface area contributed by atoms with Gasteiger partial charge in [-0.1, -0.05) is 51.5 Å². The molecule has 1 atom stereocenters. The van der Waals surface area contributed by atoms with E-state index >= 15 is 0 Å². The zero-order valence-electron chi connectivity index (χ0n) is 14.1. The molecule has 0 aliphatic carbocycles. The minimum Gasteiger partial charge on any atom is -0.368 e. The summed E-state index contributed by atoms with van der Waals surface area (Å²) in [6.45, 7) is 2.14. The predicted octanol–water partition coefficient (Wildman–Crippen LogP) is 3.23. The lowest BCUT2D eigenvalue weighted by molar-refractivity contribution is -0.127. The molecule has 1 rings (SSSR count). The van der Waals surface area contributed by atoms with Gasteiger partial charge in [-0.25, -0.2) is 8.78 Å². The molecule has 0 saturated carbocycles. The smallest absolute Gasteiger partial charge is 0.239 e. The van der Waals surface area contributed by atoms with Gasteiger partial charge in [0.25, 0.3) is 0 Å². The van der Waals surface area contributed by atoms with Crippen molar-refractivity contribution in [3.8, 4) is 0 Å². The summed E-state index contributed by atoms with van der Waals surface area (Å²) in [4.78, 5) is 23.4. The molecule has 0 spiro atoms. The lowest BCUT2D eigenvalue weighted by Gasteiger charge is -2.15. The second kappa shape index (κ2) is 10.7. The van der Waals surface area contributed by atoms with Crippen LogP contribution >= 0.6 is 0 Å². The monoisotopic (exact) mass is 340 g/mol. The molecule has 0 radical (unpaired) electrons. The Morgan fingerprint density at radius 1 is 1.12 bits per heavy atom. The fourth-order valence-electron chi connectivity index (χ4n) is 2.50. The molecule has 0 aliphatic heterocycles. The molecular weight excluding hydrogens is 314 g/mol. The van der Waals surface area contributed by atoms with Crippen molar-refractivity contribution in [3.63, 3.8) is 0 Å². The number of unbranched alkanes of at least 4 members (excludes halogenated alkanes) is 5. The van der Waals surface area contributed by atoms with Gasteiger partial charge in [-0.15, -0.1) is 0 Å². The van der Waals surface area contributed by atoms with Crippen LogP contribution in [0.2, 0.25) is 0 Å². The molecule has 0 heterocycles. The molecule has 3 N–H and O–H groups in total. The van der Waals surface area contributed by atoms with E-state index in [1.807, 2.05) is 0 Å². The molecule has 2 amide bonds. The SMILES string of the molecule is CCCCCCCC[C@H](NC(=O)Cc1ccc(F)cc1F)C(N)=O. The highest BCUT2D eigenvalue weighted by Gasteiger charge is 2.18. The molecule has 0 fully saturated rings. The second-order valence-corrected chi connectivity index (χ2v) is 5.99. The molecule has 24 heavy (non-hydrogen) atoms. The first-order valence-electron chi connectivity index (χ1n) is 8.46. The maximum absolute atomic E-state index is 13.5. The van der Waals surface area contributed by atoms with Gasteiger partial charge < -0.3 is 11.1 Å². The number of nitrogens with one attached hydrogen (secondary N) is 1. The largest absolute Gasteiger partial charge is 0.368 e. The number of halogens is 2. The van der Waals surface area contributed by atoms with Gasteiger partial charge in [0, 0.05) is 6.07 Å². The van der Waals surface area contributed by atoms with Gasteiger partial charge in [0.15, 0.2) is 0 Å². The lowest BCUT2D eigenvalue weighted by Crippen LogP contribution is -2.45. The summed E-state index contributed by atoms with van der Waals surface area (Å²) in [6, 6.07) is 2.28. The van der Waals surface area contributed by atoms with Crippen LogP contribution in [-0.4, -0.2) is 17.9 Å². The Labute approximate surface area is 141 Å². The van der Waals surface area contributed by atoms with Gasteiger partial charge in [0.1, 0.15) is 17.7 Å². The minimum atomic E-state index is -0.781. The highest BCUT2D eigenvalue weighted by atomic mass is 19.1. The highest BCUT2D eigenvalue weighted by molar-refractivity contribution is 5.87. The average molecular weight is 340 g/mol. The Morgan fingerprint density at radius 3 is 2.42 bits per heavy atom. The molecule has 1 aromatic carbocycles. The van der Waals surface area contributed by atoms with E-state index in [0.29, 0.717) is 6.42 Å². The van der Waals surface area contributed by atoms with Gasteiger partial charge in [-0.2, -0.15) is 0 Å². The maximum Gasteiger partial charge on any atom is 0.239 e. The van der Waals surface area contributed by atoms with Crippen molar-refractivity contribution < 1.29 is 18.4 Å². The molecule has 0 bridgehead atoms. The molecule has 4 nitrogen and oxygen atoms in total. The van der Waals surface area contributed by atoms with Crippen LogP contribution in [0.5, 0.6) is 0 Å². The number of primary amides is 1. The number of nitrogens with two attached hydrogens (primary N) is 1. The fourth-order valence-corrected chi connectivity index (χ4v) is 2.50. The summed E-state index contributed by atoms with van der Waals surface area (Å²) in [5.41, 5.74) is 5.39. The van der Waals surface area contributed by atoms with E-state index in [0.717, 1.165) is 37.8 Å². The zero-order valence-corrected chi connectivity index (χ0v) is 14.1. The van der Waals surface area contributed by atoms with E-state index in [-0.39, 0.29) is 12.0 Å². The van der Waals surface area contributed by atoms with Crippen LogP contribution in [-0.2, 0) is 16.0 Å². The minimum absolute atomic E-state index is 0.0803. The first-order chi connectivity index (χ1) is 11.4. The van der Waals surface area contributed by atoms with E-state index in [4.69, 9.17) is 5.73 Å². The molecule has 0 saturated heterocycles. The van der Waals surface area contributed by atoms with Crippen molar-refractivity contribution >= 4 is 11.8 Å². The Morgan fingerprint density at radius 2 is 1.79 bits per heavy atom. The standard InChI is InChI=1S/C18H26F2N2O2/c1-2-3-4-5-6-7-8-16(18(21)24)22-17(23)11-13-9-10-14(19)12-15(13)20/h9-10,12,16H,2-8,11H2,1H3,(H2,21,24)(H,22,23)/t16-/m0/s1. The van der Waals surface area contributed by atoms with Gasteiger partial charge >= 0.3 is 0 Å². The Balaban J connectivity index is 2.43. The van der Waals surface area contributed by atoms with Gasteiger partial charge in [0.05, 0.1) is 6.42 Å². The topological polar surface area (TPSA) is 72.2 Å². The number of rotatable bonds is 11. The molecule has 6 heteroatoms. The quantitative estimate of drug-likeness (QED) is 0.607. The first kappa shape index (κ1) is 20.1. The van der Waals surface area contributed by atoms with E-state index in [2.05, 4.69) is 12.2 Å². The summed E-state index contributed by atoms with van der Waals surface area (Å²) in [7, 11) is 0. The van der Waals surface area contributed by atoms with Crippen LogP contribution in [0.15, 0.2) is 18.2 Å². The highest BCUT2D eigenvalue weighted by Crippen LogP contribution is 2.11. The zero-order chi connectivity index (χ0) is 17.9. The van der Waals surface area contributed by atoms with Crippen LogP contribution in [0.25, 0.3) is 0 Å². The number of hydrogen-bond acceptors (Lipinski definition) is 2. The summed E-state index contributed by atoms with van der Waals surface area (Å²) in [5, 5.41) is 2.53. The van der Waals surface area contributed by atoms with Crippen LogP contribution in [0.1, 0.15) is 57.4 Å². The van der Waals surface area contributed by atoms with Crippen LogP contribution in [0.4, 0.5) is 8.78 Å². The predicted molar refractivity (Wildman–Crippen MR) is 89.2 cm³/mol. The fraction of sp³-hybridized carbons (Fsp3) is 0.556. The summed E-state index contributed by atoms with van der Waals surface area (Å²) >= 11 is 0. The van der Waals surface area contributed by atoms with E-state index < -0.39 is 29.5 Å². The summed E-state index contributed by atoms with van der Waals surface area (Å²) in [5.74, 6) is -2.58. The summed E-state index contributed by atoms with van der Waals surface area (Å²) < 4.78 is 26.4. The van der Waals surface area contributed by atoms with Crippen LogP contribution in [0, 0.1) is 11.6 Å². The van der Waals surface area contributed by atoms with Crippen molar-refractivity contribution in [2.24, 2.45) is 5.73 Å². The van der Waals surface area contributed by atoms with Crippen molar-refractivity contribution in [1.29, 1.82) is 0 Å². The molecule has 0 unspecified atom stereocenters. The Bertz CT molecular complexity index is 550. The third-order valence-corrected chi connectivity index (χ3v) is 3.89. The van der Waals surface area contributed by atoms with Gasteiger partial charge in [-0.05, 0) is 18.1 Å². The molecule has 134 valence electrons. The third kappa shape index (κ3) is 7.53. The molecule has 0 aromatic heterocycles. The Kier molecular flexibility index (Phi) is 8.97. The van der Waals surface area contributed by atoms with Gasteiger partial charge in [0.2, 0.25) is 11.8 Å². The van der Waals surface area contributed by atoms with E-state index in [9.17, 15) is 18.4 Å². The van der Waals surface area contributed by atoms with Gasteiger partial charge in [-0.3, -0.25) is 9.59 Å². The number of hydrogen-bond donors (Lipinski definition) is 2. The molecule has 0 aliphatic rings. The number of carbonyl (C=O) groups excluding carboxylic acids is 2. The number of benzene rings is 1. The second-order valence-electron chi connectivity index (χ2n) is 5.99. The first-order valence-corrected chi connectivity index (χ1v) is 8.46. The average Bonchev–Trinajstić information content (AvgIpc) is 2.52. The normalized spacial score (nSPS) is 12.0. The van der Waals surface area contributed by atoms with Crippen molar-refractivity contribution in [2.45, 2.75) is 64.3 Å². The number of amides is 2. The molecule has 1 aromatic rings. The van der Waals surface area contributed by atoms with Crippen LogP contribution < -0.4 is 11.1 Å². The van der Waals surface area contributed by atoms with E-state index in [1.165, 1.54) is 18.9 Å². The Hall–Kier alpha value is -1.98. The van der Waals surface area contributed by atoms with Crippen molar-refractivity contribution in [1.82, 2.24) is 5.32 Å². The summed E-state index contributed by atoms with van der Waals surface area (Å²) in [6.07, 6.45) is 6.60. The van der Waals surface area contributed by atoms with Crippen LogP contribution in [0.3, 0.4) is 0 Å². The van der Waals surface area contributed by atoms with Crippen molar-refractivity contribution in [3.05, 3.63) is 35.4 Å². The maximum atomic E-state index is 13.5.